The number of rotatable bonds is 4. The molecule has 5 nitrogen and oxygen atoms in total. The van der Waals surface area contributed by atoms with E-state index in [4.69, 9.17) is 4.74 Å². The molecule has 90 valence electrons. The van der Waals surface area contributed by atoms with Gasteiger partial charge in [0.05, 0.1) is 24.6 Å². The Kier molecular flexibility index (Phi) is 4.38. The molecule has 0 aromatic carbocycles. The summed E-state index contributed by atoms with van der Waals surface area (Å²) in [6.45, 7) is 4.42. The Balaban J connectivity index is 1.95. The Labute approximate surface area is 100 Å². The summed E-state index contributed by atoms with van der Waals surface area (Å²) in [5, 5.41) is 0. The van der Waals surface area contributed by atoms with Crippen molar-refractivity contribution in [1.29, 1.82) is 0 Å². The summed E-state index contributed by atoms with van der Waals surface area (Å²) < 4.78 is 5.29. The normalized spacial score (nSPS) is 16.5. The molecule has 0 amide bonds. The first-order valence-corrected chi connectivity index (χ1v) is 5.72. The number of carbonyl (C=O) groups excluding carboxylic acids is 1. The Morgan fingerprint density at radius 3 is 3.06 bits per heavy atom. The van der Waals surface area contributed by atoms with Crippen molar-refractivity contribution in [2.75, 3.05) is 32.8 Å². The topological polar surface area (TPSA) is 54.8 Å². The summed E-state index contributed by atoms with van der Waals surface area (Å²) in [6, 6.07) is 3.56. The minimum Gasteiger partial charge on any atom is -0.379 e. The molecule has 0 aliphatic carbocycles. The van der Waals surface area contributed by atoms with Crippen LogP contribution >= 0.6 is 0 Å². The number of hydrogen-bond acceptors (Lipinski definition) is 5. The molecule has 1 aromatic heterocycles. The zero-order valence-electron chi connectivity index (χ0n) is 9.63. The van der Waals surface area contributed by atoms with Crippen molar-refractivity contribution in [3.8, 4) is 0 Å². The van der Waals surface area contributed by atoms with Gasteiger partial charge in [-0.1, -0.05) is 0 Å². The summed E-state index contributed by atoms with van der Waals surface area (Å²) >= 11 is 0. The van der Waals surface area contributed by atoms with Crippen LogP contribution < -0.4 is 0 Å². The number of nitrogens with zero attached hydrogens (tertiary/aromatic N) is 3. The number of aromatic nitrogens is 1. The van der Waals surface area contributed by atoms with Crippen LogP contribution in [0.5, 0.6) is 0 Å². The van der Waals surface area contributed by atoms with Gasteiger partial charge in [-0.2, -0.15) is 4.99 Å². The minimum atomic E-state index is 0.621. The van der Waals surface area contributed by atoms with Gasteiger partial charge in [0.25, 0.3) is 0 Å². The molecule has 0 bridgehead atoms. The third-order valence-electron chi connectivity index (χ3n) is 2.80. The molecule has 0 N–H and O–H groups in total. The molecule has 5 heteroatoms. The maximum absolute atomic E-state index is 10.3. The van der Waals surface area contributed by atoms with Crippen molar-refractivity contribution in [2.24, 2.45) is 4.99 Å². The van der Waals surface area contributed by atoms with Crippen LogP contribution in [0.1, 0.15) is 5.69 Å². The third-order valence-corrected chi connectivity index (χ3v) is 2.80. The number of ether oxygens (including phenoxy) is 1. The zero-order chi connectivity index (χ0) is 11.9. The predicted molar refractivity (Wildman–Crippen MR) is 63.0 cm³/mol. The highest BCUT2D eigenvalue weighted by atomic mass is 16.5. The van der Waals surface area contributed by atoms with E-state index in [0.717, 1.165) is 45.0 Å². The van der Waals surface area contributed by atoms with Crippen LogP contribution in [-0.4, -0.2) is 48.8 Å². The van der Waals surface area contributed by atoms with Gasteiger partial charge < -0.3 is 4.74 Å². The van der Waals surface area contributed by atoms with Crippen molar-refractivity contribution < 1.29 is 9.53 Å². The fourth-order valence-corrected chi connectivity index (χ4v) is 1.86. The molecule has 1 aliphatic rings. The number of morpholine rings is 1. The van der Waals surface area contributed by atoms with Crippen molar-refractivity contribution in [1.82, 2.24) is 9.88 Å². The largest absolute Gasteiger partial charge is 0.379 e. The standard InChI is InChI=1S/C12H15N3O2/c16-10-14-11-2-1-4-13-12(11)3-5-15-6-8-17-9-7-15/h1-2,4H,3,5-9H2. The SMILES string of the molecule is O=C=Nc1cccnc1CCN1CCOCC1. The van der Waals surface area contributed by atoms with E-state index in [0.29, 0.717) is 5.69 Å². The second-order valence-corrected chi connectivity index (χ2v) is 3.88. The number of isocyanates is 1. The van der Waals surface area contributed by atoms with E-state index in [9.17, 15) is 4.79 Å². The fraction of sp³-hybridized carbons (Fsp3) is 0.500. The van der Waals surface area contributed by atoms with Crippen LogP contribution in [0.4, 0.5) is 5.69 Å². The van der Waals surface area contributed by atoms with Crippen molar-refractivity contribution in [2.45, 2.75) is 6.42 Å². The van der Waals surface area contributed by atoms with Crippen molar-refractivity contribution in [3.05, 3.63) is 24.0 Å². The first-order chi connectivity index (χ1) is 8.40. The third kappa shape index (κ3) is 3.46. The van der Waals surface area contributed by atoms with Gasteiger partial charge in [0.2, 0.25) is 6.08 Å². The number of aliphatic imine (C=N–C) groups is 1. The monoisotopic (exact) mass is 233 g/mol. The summed E-state index contributed by atoms with van der Waals surface area (Å²) in [6.07, 6.45) is 4.08. The van der Waals surface area contributed by atoms with E-state index >= 15 is 0 Å². The van der Waals surface area contributed by atoms with Gasteiger partial charge in [-0.15, -0.1) is 0 Å². The van der Waals surface area contributed by atoms with Crippen molar-refractivity contribution in [3.63, 3.8) is 0 Å². The Morgan fingerprint density at radius 1 is 1.47 bits per heavy atom. The van der Waals surface area contributed by atoms with Crippen LogP contribution in [0.2, 0.25) is 0 Å². The average Bonchev–Trinajstić information content (AvgIpc) is 2.39. The molecule has 0 atom stereocenters. The fourth-order valence-electron chi connectivity index (χ4n) is 1.86. The van der Waals surface area contributed by atoms with Crippen LogP contribution in [0.25, 0.3) is 0 Å². The maximum Gasteiger partial charge on any atom is 0.240 e. The predicted octanol–water partition coefficient (Wildman–Crippen LogP) is 0.924. The second kappa shape index (κ2) is 6.25. The molecule has 2 rings (SSSR count). The number of pyridine rings is 1. The molecule has 2 heterocycles. The van der Waals surface area contributed by atoms with Crippen molar-refractivity contribution >= 4 is 11.8 Å². The first kappa shape index (κ1) is 11.9. The zero-order valence-corrected chi connectivity index (χ0v) is 9.63. The maximum atomic E-state index is 10.3. The van der Waals surface area contributed by atoms with Gasteiger partial charge in [0.1, 0.15) is 0 Å². The lowest BCUT2D eigenvalue weighted by atomic mass is 10.2. The Hall–Kier alpha value is -1.55. The summed E-state index contributed by atoms with van der Waals surface area (Å²) in [5.74, 6) is 0. The van der Waals surface area contributed by atoms with Crippen LogP contribution in [0, 0.1) is 0 Å². The lowest BCUT2D eigenvalue weighted by molar-refractivity contribution is 0.0383. The van der Waals surface area contributed by atoms with Gasteiger partial charge >= 0.3 is 0 Å². The lowest BCUT2D eigenvalue weighted by Crippen LogP contribution is -2.37. The molecule has 1 fully saturated rings. The van der Waals surface area contributed by atoms with E-state index in [1.54, 1.807) is 24.4 Å². The minimum absolute atomic E-state index is 0.621. The molecule has 1 aromatic rings. The van der Waals surface area contributed by atoms with E-state index in [2.05, 4.69) is 14.9 Å². The van der Waals surface area contributed by atoms with Crippen LogP contribution in [0.3, 0.4) is 0 Å². The molecule has 0 spiro atoms. The number of hydrogen-bond donors (Lipinski definition) is 0. The van der Waals surface area contributed by atoms with E-state index in [1.165, 1.54) is 0 Å². The van der Waals surface area contributed by atoms with Gasteiger partial charge in [-0.25, -0.2) is 4.79 Å². The molecule has 0 radical (unpaired) electrons. The average molecular weight is 233 g/mol. The molecular weight excluding hydrogens is 218 g/mol. The van der Waals surface area contributed by atoms with Gasteiger partial charge in [0, 0.05) is 32.3 Å². The molecule has 0 unspecified atom stereocenters. The molecule has 17 heavy (non-hydrogen) atoms. The molecule has 1 saturated heterocycles. The highest BCUT2D eigenvalue weighted by Gasteiger charge is 2.11. The molecule has 1 aliphatic heterocycles. The quantitative estimate of drug-likeness (QED) is 0.573. The van der Waals surface area contributed by atoms with E-state index in [-0.39, 0.29) is 0 Å². The molecule has 0 saturated carbocycles. The highest BCUT2D eigenvalue weighted by Crippen LogP contribution is 2.16. The smallest absolute Gasteiger partial charge is 0.240 e. The van der Waals surface area contributed by atoms with Gasteiger partial charge in [-0.05, 0) is 12.1 Å². The summed E-state index contributed by atoms with van der Waals surface area (Å²) in [7, 11) is 0. The highest BCUT2D eigenvalue weighted by molar-refractivity contribution is 5.51. The Bertz CT molecular complexity index is 410. The van der Waals surface area contributed by atoms with Gasteiger partial charge in [0.15, 0.2) is 0 Å². The second-order valence-electron chi connectivity index (χ2n) is 3.88. The lowest BCUT2D eigenvalue weighted by Gasteiger charge is -2.26. The summed E-state index contributed by atoms with van der Waals surface area (Å²) in [4.78, 5) is 20.5. The molecular formula is C12H15N3O2. The van der Waals surface area contributed by atoms with Crippen LogP contribution in [0.15, 0.2) is 23.3 Å². The first-order valence-electron chi connectivity index (χ1n) is 5.72. The Morgan fingerprint density at radius 2 is 2.29 bits per heavy atom. The van der Waals surface area contributed by atoms with E-state index < -0.39 is 0 Å². The van der Waals surface area contributed by atoms with Gasteiger partial charge in [-0.3, -0.25) is 9.88 Å². The van der Waals surface area contributed by atoms with E-state index in [1.807, 2.05) is 0 Å². The van der Waals surface area contributed by atoms with Crippen LogP contribution in [-0.2, 0) is 16.0 Å². The summed E-state index contributed by atoms with van der Waals surface area (Å²) in [5.41, 5.74) is 1.47.